The van der Waals surface area contributed by atoms with Crippen LogP contribution in [0, 0.1) is 0 Å². The third-order valence-electron chi connectivity index (χ3n) is 3.63. The Morgan fingerprint density at radius 1 is 0.727 bits per heavy atom. The average molecular weight is 309 g/mol. The second kappa shape index (κ2) is 18.2. The summed E-state index contributed by atoms with van der Waals surface area (Å²) in [5.41, 5.74) is 1.15. The lowest BCUT2D eigenvalue weighted by Crippen LogP contribution is -2.17. The molecule has 1 radical (unpaired) electrons. The highest BCUT2D eigenvalue weighted by Gasteiger charge is 1.96. The first-order valence-corrected chi connectivity index (χ1v) is 8.43. The van der Waals surface area contributed by atoms with Crippen LogP contribution in [0.3, 0.4) is 0 Å². The molecular formula is C18H34BO3. The number of benzene rings is 1. The summed E-state index contributed by atoms with van der Waals surface area (Å²) in [5.74, 6) is 0. The van der Waals surface area contributed by atoms with E-state index in [4.69, 9.17) is 4.65 Å². The predicted molar refractivity (Wildman–Crippen MR) is 96.9 cm³/mol. The van der Waals surface area contributed by atoms with Gasteiger partial charge in [0.2, 0.25) is 0 Å². The lowest BCUT2D eigenvalue weighted by Gasteiger charge is -2.04. The van der Waals surface area contributed by atoms with E-state index in [1.165, 1.54) is 64.2 Å². The fourth-order valence-electron chi connectivity index (χ4n) is 2.36. The Morgan fingerprint density at radius 2 is 1.23 bits per heavy atom. The van der Waals surface area contributed by atoms with Gasteiger partial charge < -0.3 is 15.6 Å². The number of unbranched alkanes of at least 4 members (excludes halogenated alkanes) is 9. The Balaban J connectivity index is 0. The molecule has 0 amide bonds. The van der Waals surface area contributed by atoms with Gasteiger partial charge in [-0.3, -0.25) is 0 Å². The standard InChI is InChI=1S/C18H30BO.2H2O/c1-2-3-4-5-6-7-8-9-10-14-17-20-19-18-15-12-11-13-16-18;;/h11-13,15-16H,2-10,14,17H2,1H3;2*1H2. The minimum absolute atomic E-state index is 0. The molecule has 0 aromatic heterocycles. The molecule has 0 heterocycles. The molecule has 0 atom stereocenters. The average Bonchev–Trinajstić information content (AvgIpc) is 2.49. The normalized spacial score (nSPS) is 9.68. The largest absolute Gasteiger partial charge is 0.434 e. The van der Waals surface area contributed by atoms with Crippen molar-refractivity contribution in [3.63, 3.8) is 0 Å². The van der Waals surface area contributed by atoms with Gasteiger partial charge >= 0.3 is 7.48 Å². The van der Waals surface area contributed by atoms with Crippen LogP contribution in [0.25, 0.3) is 0 Å². The SMILES string of the molecule is CCCCCCCCCCCCO[B]c1ccccc1.O.O. The maximum absolute atomic E-state index is 5.57. The van der Waals surface area contributed by atoms with Gasteiger partial charge in [-0.15, -0.1) is 0 Å². The van der Waals surface area contributed by atoms with Crippen LogP contribution in [0.1, 0.15) is 71.1 Å². The van der Waals surface area contributed by atoms with Gasteiger partial charge in [-0.05, 0) is 6.42 Å². The summed E-state index contributed by atoms with van der Waals surface area (Å²) in [6, 6.07) is 10.2. The molecule has 0 aliphatic rings. The monoisotopic (exact) mass is 309 g/mol. The van der Waals surface area contributed by atoms with E-state index in [0.717, 1.165) is 12.1 Å². The second-order valence-electron chi connectivity index (χ2n) is 5.58. The summed E-state index contributed by atoms with van der Waals surface area (Å²) in [6.45, 7) is 3.13. The molecule has 4 N–H and O–H groups in total. The zero-order valence-corrected chi connectivity index (χ0v) is 14.2. The molecule has 1 rings (SSSR count). The molecule has 3 nitrogen and oxygen atoms in total. The van der Waals surface area contributed by atoms with Gasteiger partial charge in [0, 0.05) is 6.61 Å². The van der Waals surface area contributed by atoms with Gasteiger partial charge in [-0.2, -0.15) is 0 Å². The molecule has 0 fully saturated rings. The molecule has 127 valence electrons. The van der Waals surface area contributed by atoms with Crippen LogP contribution in [0.5, 0.6) is 0 Å². The molecule has 1 aromatic rings. The van der Waals surface area contributed by atoms with Crippen molar-refractivity contribution in [1.82, 2.24) is 0 Å². The maximum atomic E-state index is 5.57. The van der Waals surface area contributed by atoms with E-state index < -0.39 is 0 Å². The lowest BCUT2D eigenvalue weighted by atomic mass is 9.88. The molecule has 0 saturated carbocycles. The Bertz CT molecular complexity index is 306. The first-order chi connectivity index (χ1) is 9.93. The first-order valence-electron chi connectivity index (χ1n) is 8.43. The fraction of sp³-hybridized carbons (Fsp3) is 0.667. The number of rotatable bonds is 13. The molecular weight excluding hydrogens is 275 g/mol. The molecule has 1 aromatic carbocycles. The summed E-state index contributed by atoms with van der Waals surface area (Å²) in [5, 5.41) is 0. The van der Waals surface area contributed by atoms with Crippen molar-refractivity contribution >= 4 is 12.9 Å². The van der Waals surface area contributed by atoms with Gasteiger partial charge in [-0.1, -0.05) is 101 Å². The summed E-state index contributed by atoms with van der Waals surface area (Å²) < 4.78 is 5.57. The zero-order chi connectivity index (χ0) is 14.3. The highest BCUT2D eigenvalue weighted by molar-refractivity contribution is 6.46. The van der Waals surface area contributed by atoms with E-state index in [1.807, 2.05) is 25.7 Å². The van der Waals surface area contributed by atoms with Crippen molar-refractivity contribution < 1.29 is 15.6 Å². The van der Waals surface area contributed by atoms with E-state index >= 15 is 0 Å². The van der Waals surface area contributed by atoms with Crippen LogP contribution in [0.15, 0.2) is 30.3 Å². The van der Waals surface area contributed by atoms with Crippen LogP contribution in [0.4, 0.5) is 0 Å². The first kappa shape index (κ1) is 23.4. The zero-order valence-electron chi connectivity index (χ0n) is 14.2. The van der Waals surface area contributed by atoms with Crippen molar-refractivity contribution in [2.24, 2.45) is 0 Å². The third-order valence-corrected chi connectivity index (χ3v) is 3.63. The molecule has 22 heavy (non-hydrogen) atoms. The summed E-state index contributed by atoms with van der Waals surface area (Å²) in [6.07, 6.45) is 13.7. The molecule has 0 spiro atoms. The quantitative estimate of drug-likeness (QED) is 0.407. The van der Waals surface area contributed by atoms with E-state index in [-0.39, 0.29) is 11.0 Å². The van der Waals surface area contributed by atoms with Crippen LogP contribution in [-0.4, -0.2) is 25.0 Å². The molecule has 4 heteroatoms. The van der Waals surface area contributed by atoms with Gasteiger partial charge in [0.15, 0.2) is 0 Å². The van der Waals surface area contributed by atoms with Crippen LogP contribution in [-0.2, 0) is 4.65 Å². The second-order valence-corrected chi connectivity index (χ2v) is 5.58. The predicted octanol–water partition coefficient (Wildman–Crippen LogP) is 3.22. The fourth-order valence-corrected chi connectivity index (χ4v) is 2.36. The lowest BCUT2D eigenvalue weighted by molar-refractivity contribution is 0.325. The van der Waals surface area contributed by atoms with E-state index in [1.54, 1.807) is 0 Å². The molecule has 0 aliphatic heterocycles. The van der Waals surface area contributed by atoms with Gasteiger partial charge in [0.1, 0.15) is 0 Å². The van der Waals surface area contributed by atoms with Crippen molar-refractivity contribution in [3.8, 4) is 0 Å². The van der Waals surface area contributed by atoms with Crippen molar-refractivity contribution in [2.45, 2.75) is 71.1 Å². The summed E-state index contributed by atoms with van der Waals surface area (Å²) >= 11 is 0. The Labute approximate surface area is 137 Å². The molecule has 0 bridgehead atoms. The topological polar surface area (TPSA) is 72.2 Å². The Hall–Kier alpha value is -0.835. The maximum Gasteiger partial charge on any atom is 0.329 e. The van der Waals surface area contributed by atoms with Crippen LogP contribution in [0.2, 0.25) is 0 Å². The van der Waals surface area contributed by atoms with Crippen molar-refractivity contribution in [3.05, 3.63) is 30.3 Å². The third kappa shape index (κ3) is 14.1. The smallest absolute Gasteiger partial charge is 0.329 e. The van der Waals surface area contributed by atoms with Gasteiger partial charge in [-0.25, -0.2) is 0 Å². The van der Waals surface area contributed by atoms with E-state index in [9.17, 15) is 0 Å². The van der Waals surface area contributed by atoms with Crippen LogP contribution >= 0.6 is 0 Å². The summed E-state index contributed by atoms with van der Waals surface area (Å²) in [4.78, 5) is 0. The summed E-state index contributed by atoms with van der Waals surface area (Å²) in [7, 11) is 1.87. The van der Waals surface area contributed by atoms with Gasteiger partial charge in [0.05, 0.1) is 0 Å². The van der Waals surface area contributed by atoms with E-state index in [2.05, 4.69) is 19.1 Å². The van der Waals surface area contributed by atoms with Crippen molar-refractivity contribution in [2.75, 3.05) is 6.61 Å². The molecule has 0 unspecified atom stereocenters. The number of hydrogen-bond acceptors (Lipinski definition) is 1. The highest BCUT2D eigenvalue weighted by Crippen LogP contribution is 2.10. The Morgan fingerprint density at radius 3 is 1.77 bits per heavy atom. The minimum Gasteiger partial charge on any atom is -0.434 e. The Kier molecular flexibility index (Phi) is 19.4. The number of hydrogen-bond donors (Lipinski definition) is 0. The molecule has 0 saturated heterocycles. The molecule has 0 aliphatic carbocycles. The minimum atomic E-state index is 0. The highest BCUT2D eigenvalue weighted by atomic mass is 16.4. The van der Waals surface area contributed by atoms with E-state index in [0.29, 0.717) is 0 Å². The van der Waals surface area contributed by atoms with Gasteiger partial charge in [0.25, 0.3) is 0 Å². The van der Waals surface area contributed by atoms with Crippen LogP contribution < -0.4 is 5.46 Å². The van der Waals surface area contributed by atoms with Crippen molar-refractivity contribution in [1.29, 1.82) is 0 Å².